The fourth-order valence-electron chi connectivity index (χ4n) is 1.14. The van der Waals surface area contributed by atoms with Crippen molar-refractivity contribution in [2.45, 2.75) is 12.5 Å². The molecule has 0 saturated heterocycles. The van der Waals surface area contributed by atoms with E-state index in [9.17, 15) is 4.39 Å². The number of nitrogens with two attached hydrogens (primary N) is 1. The molecule has 0 aliphatic rings. The van der Waals surface area contributed by atoms with E-state index >= 15 is 0 Å². The van der Waals surface area contributed by atoms with Crippen molar-refractivity contribution in [2.75, 3.05) is 13.8 Å². The third-order valence-corrected chi connectivity index (χ3v) is 1.96. The van der Waals surface area contributed by atoms with Crippen molar-refractivity contribution in [3.63, 3.8) is 0 Å². The van der Waals surface area contributed by atoms with E-state index in [2.05, 4.69) is 0 Å². The SMILES string of the molecule is COc1ccc([C@@H](N)CCF)cc1.Cl. The van der Waals surface area contributed by atoms with E-state index in [4.69, 9.17) is 10.5 Å². The van der Waals surface area contributed by atoms with E-state index in [1.54, 1.807) is 7.11 Å². The highest BCUT2D eigenvalue weighted by Gasteiger charge is 2.04. The standard InChI is InChI=1S/C10H14FNO.ClH/c1-13-9-4-2-8(3-5-9)10(12)6-7-11;/h2-5,10H,6-7,12H2,1H3;1H/t10-;/m0./s1. The van der Waals surface area contributed by atoms with Crippen LogP contribution in [0.4, 0.5) is 4.39 Å². The lowest BCUT2D eigenvalue weighted by molar-refractivity contribution is 0.414. The summed E-state index contributed by atoms with van der Waals surface area (Å²) in [7, 11) is 1.61. The zero-order valence-electron chi connectivity index (χ0n) is 8.07. The van der Waals surface area contributed by atoms with Crippen LogP contribution in [0.2, 0.25) is 0 Å². The maximum atomic E-state index is 12.0. The van der Waals surface area contributed by atoms with Crippen LogP contribution in [-0.2, 0) is 0 Å². The molecule has 2 nitrogen and oxygen atoms in total. The van der Waals surface area contributed by atoms with Gasteiger partial charge in [-0.1, -0.05) is 12.1 Å². The molecule has 0 aromatic heterocycles. The molecular formula is C10H15ClFNO. The first-order valence-corrected chi connectivity index (χ1v) is 4.23. The topological polar surface area (TPSA) is 35.2 Å². The summed E-state index contributed by atoms with van der Waals surface area (Å²) >= 11 is 0. The Morgan fingerprint density at radius 1 is 1.36 bits per heavy atom. The minimum absolute atomic E-state index is 0. The van der Waals surface area contributed by atoms with Crippen molar-refractivity contribution in [1.82, 2.24) is 0 Å². The lowest BCUT2D eigenvalue weighted by atomic mass is 10.1. The smallest absolute Gasteiger partial charge is 0.118 e. The minimum atomic E-state index is -0.382. The number of rotatable bonds is 4. The zero-order valence-corrected chi connectivity index (χ0v) is 8.89. The van der Waals surface area contributed by atoms with Gasteiger partial charge in [-0.15, -0.1) is 12.4 Å². The van der Waals surface area contributed by atoms with Crippen LogP contribution in [0, 0.1) is 0 Å². The maximum absolute atomic E-state index is 12.0. The van der Waals surface area contributed by atoms with Gasteiger partial charge in [-0.25, -0.2) is 0 Å². The molecule has 1 rings (SSSR count). The van der Waals surface area contributed by atoms with Crippen molar-refractivity contribution >= 4 is 12.4 Å². The number of halogens is 2. The molecule has 0 aliphatic carbocycles. The summed E-state index contributed by atoms with van der Waals surface area (Å²) in [5.41, 5.74) is 6.66. The molecule has 0 heterocycles. The Bertz CT molecular complexity index is 253. The van der Waals surface area contributed by atoms with Crippen molar-refractivity contribution in [1.29, 1.82) is 0 Å². The van der Waals surface area contributed by atoms with Gasteiger partial charge in [-0.2, -0.15) is 0 Å². The Kier molecular flexibility index (Phi) is 6.25. The van der Waals surface area contributed by atoms with Crippen LogP contribution < -0.4 is 10.5 Å². The predicted octanol–water partition coefficient (Wildman–Crippen LogP) is 2.48. The van der Waals surface area contributed by atoms with Gasteiger partial charge in [-0.05, 0) is 24.1 Å². The molecule has 1 aromatic rings. The van der Waals surface area contributed by atoms with E-state index in [0.29, 0.717) is 6.42 Å². The van der Waals surface area contributed by atoms with E-state index in [0.717, 1.165) is 11.3 Å². The second-order valence-electron chi connectivity index (χ2n) is 2.86. The van der Waals surface area contributed by atoms with Crippen LogP contribution in [0.5, 0.6) is 5.75 Å². The number of hydrogen-bond acceptors (Lipinski definition) is 2. The number of benzene rings is 1. The average molecular weight is 220 g/mol. The van der Waals surface area contributed by atoms with Gasteiger partial charge in [0.1, 0.15) is 5.75 Å². The molecule has 0 fully saturated rings. The average Bonchev–Trinajstić information content (AvgIpc) is 2.18. The van der Waals surface area contributed by atoms with Crippen LogP contribution in [0.3, 0.4) is 0 Å². The van der Waals surface area contributed by atoms with Gasteiger partial charge in [0.2, 0.25) is 0 Å². The molecule has 0 unspecified atom stereocenters. The summed E-state index contributed by atoms with van der Waals surface area (Å²) < 4.78 is 17.0. The van der Waals surface area contributed by atoms with Gasteiger partial charge >= 0.3 is 0 Å². The zero-order chi connectivity index (χ0) is 9.68. The summed E-state index contributed by atoms with van der Waals surface area (Å²) in [6.07, 6.45) is 0.367. The third-order valence-electron chi connectivity index (χ3n) is 1.96. The number of methoxy groups -OCH3 is 1. The van der Waals surface area contributed by atoms with E-state index in [1.165, 1.54) is 0 Å². The van der Waals surface area contributed by atoms with Crippen molar-refractivity contribution in [2.24, 2.45) is 5.73 Å². The Morgan fingerprint density at radius 3 is 2.36 bits per heavy atom. The predicted molar refractivity (Wildman–Crippen MR) is 57.8 cm³/mol. The van der Waals surface area contributed by atoms with Gasteiger partial charge < -0.3 is 10.5 Å². The normalized spacial score (nSPS) is 11.6. The summed E-state index contributed by atoms with van der Waals surface area (Å²) in [6.45, 7) is -0.382. The Hall–Kier alpha value is -0.800. The van der Waals surface area contributed by atoms with Crippen LogP contribution >= 0.6 is 12.4 Å². The molecule has 0 saturated carbocycles. The highest BCUT2D eigenvalue weighted by atomic mass is 35.5. The second kappa shape index (κ2) is 6.62. The van der Waals surface area contributed by atoms with Crippen LogP contribution in [0.1, 0.15) is 18.0 Å². The summed E-state index contributed by atoms with van der Waals surface area (Å²) in [6, 6.07) is 7.16. The number of hydrogen-bond donors (Lipinski definition) is 1. The van der Waals surface area contributed by atoms with Gasteiger partial charge in [0.05, 0.1) is 13.8 Å². The van der Waals surface area contributed by atoms with Crippen LogP contribution in [-0.4, -0.2) is 13.8 Å². The molecule has 0 bridgehead atoms. The lowest BCUT2D eigenvalue weighted by Crippen LogP contribution is -2.10. The largest absolute Gasteiger partial charge is 0.497 e. The lowest BCUT2D eigenvalue weighted by Gasteiger charge is -2.09. The highest BCUT2D eigenvalue weighted by Crippen LogP contribution is 2.17. The molecule has 0 amide bonds. The summed E-state index contributed by atoms with van der Waals surface area (Å²) in [5.74, 6) is 0.788. The van der Waals surface area contributed by atoms with Crippen molar-refractivity contribution < 1.29 is 9.13 Å². The van der Waals surface area contributed by atoms with Gasteiger partial charge in [-0.3, -0.25) is 4.39 Å². The first-order chi connectivity index (χ1) is 6.27. The van der Waals surface area contributed by atoms with E-state index in [1.807, 2.05) is 24.3 Å². The van der Waals surface area contributed by atoms with Crippen LogP contribution in [0.15, 0.2) is 24.3 Å². The molecule has 0 radical (unpaired) electrons. The maximum Gasteiger partial charge on any atom is 0.118 e. The first kappa shape index (κ1) is 13.2. The molecule has 1 atom stereocenters. The van der Waals surface area contributed by atoms with Gasteiger partial charge in [0, 0.05) is 6.04 Å². The minimum Gasteiger partial charge on any atom is -0.497 e. The summed E-state index contributed by atoms with van der Waals surface area (Å²) in [4.78, 5) is 0. The first-order valence-electron chi connectivity index (χ1n) is 4.23. The monoisotopic (exact) mass is 219 g/mol. The Morgan fingerprint density at radius 2 is 1.93 bits per heavy atom. The fraction of sp³-hybridized carbons (Fsp3) is 0.400. The molecule has 2 N–H and O–H groups in total. The highest BCUT2D eigenvalue weighted by molar-refractivity contribution is 5.85. The molecule has 0 spiro atoms. The third kappa shape index (κ3) is 3.52. The summed E-state index contributed by atoms with van der Waals surface area (Å²) in [5, 5.41) is 0. The van der Waals surface area contributed by atoms with Crippen LogP contribution in [0.25, 0.3) is 0 Å². The second-order valence-corrected chi connectivity index (χ2v) is 2.86. The Balaban J connectivity index is 0.00000169. The molecule has 80 valence electrons. The van der Waals surface area contributed by atoms with Crippen molar-refractivity contribution in [3.8, 4) is 5.75 Å². The van der Waals surface area contributed by atoms with Gasteiger partial charge in [0.15, 0.2) is 0 Å². The molecular weight excluding hydrogens is 205 g/mol. The Labute approximate surface area is 89.7 Å². The van der Waals surface area contributed by atoms with E-state index in [-0.39, 0.29) is 25.1 Å². The number of alkyl halides is 1. The quantitative estimate of drug-likeness (QED) is 0.845. The molecule has 0 aliphatic heterocycles. The molecule has 1 aromatic carbocycles. The molecule has 4 heteroatoms. The van der Waals surface area contributed by atoms with Gasteiger partial charge in [0.25, 0.3) is 0 Å². The molecule has 14 heavy (non-hydrogen) atoms. The fourth-order valence-corrected chi connectivity index (χ4v) is 1.14. The van der Waals surface area contributed by atoms with Crippen molar-refractivity contribution in [3.05, 3.63) is 29.8 Å². The van der Waals surface area contributed by atoms with E-state index < -0.39 is 0 Å². The number of ether oxygens (including phenoxy) is 1.